The zero-order valence-corrected chi connectivity index (χ0v) is 11.2. The third kappa shape index (κ3) is 2.54. The molecule has 5 nitrogen and oxygen atoms in total. The summed E-state index contributed by atoms with van der Waals surface area (Å²) in [6, 6.07) is 0. The van der Waals surface area contributed by atoms with E-state index in [9.17, 15) is 4.79 Å². The second kappa shape index (κ2) is 5.13. The maximum absolute atomic E-state index is 11.8. The normalized spacial score (nSPS) is 24.6. The van der Waals surface area contributed by atoms with Gasteiger partial charge in [0.1, 0.15) is 11.9 Å². The lowest BCUT2D eigenvalue weighted by molar-refractivity contribution is -0.126. The predicted octanol–water partition coefficient (Wildman–Crippen LogP) is 1.91. The number of carbonyl (C=O) groups is 1. The molecule has 1 saturated heterocycles. The summed E-state index contributed by atoms with van der Waals surface area (Å²) >= 11 is 2.11. The quantitative estimate of drug-likeness (QED) is 0.830. The van der Waals surface area contributed by atoms with Gasteiger partial charge in [0.05, 0.1) is 15.9 Å². The molecule has 1 aromatic heterocycles. The third-order valence-corrected chi connectivity index (χ3v) is 3.51. The number of ether oxygens (including phenoxy) is 1. The summed E-state index contributed by atoms with van der Waals surface area (Å²) in [4.78, 5) is 11.8. The number of nitrogens with one attached hydrogen (secondary N) is 2. The number of rotatable bonds is 3. The SMILES string of the molecule is CCC1CCC(C(=O)Nc2[nH]ncc2I)O1. The third-order valence-electron chi connectivity index (χ3n) is 2.70. The summed E-state index contributed by atoms with van der Waals surface area (Å²) < 4.78 is 6.51. The highest BCUT2D eigenvalue weighted by atomic mass is 127. The predicted molar refractivity (Wildman–Crippen MR) is 68.1 cm³/mol. The minimum atomic E-state index is -0.316. The lowest BCUT2D eigenvalue weighted by Crippen LogP contribution is -2.28. The van der Waals surface area contributed by atoms with Gasteiger partial charge in [-0.3, -0.25) is 9.89 Å². The molecule has 88 valence electrons. The standard InChI is InChI=1S/C10H14IN3O2/c1-2-6-3-4-8(16-6)10(15)13-9-7(11)5-12-14-9/h5-6,8H,2-4H2,1H3,(H2,12,13,14,15). The molecule has 2 heterocycles. The summed E-state index contributed by atoms with van der Waals surface area (Å²) in [5.41, 5.74) is 0. The number of nitrogens with zero attached hydrogens (tertiary/aromatic N) is 1. The number of hydrogen-bond donors (Lipinski definition) is 2. The van der Waals surface area contributed by atoms with Crippen LogP contribution in [0.1, 0.15) is 26.2 Å². The Hall–Kier alpha value is -0.630. The average Bonchev–Trinajstić information content (AvgIpc) is 2.88. The smallest absolute Gasteiger partial charge is 0.254 e. The summed E-state index contributed by atoms with van der Waals surface area (Å²) in [5.74, 6) is 0.562. The van der Waals surface area contributed by atoms with E-state index < -0.39 is 0 Å². The van der Waals surface area contributed by atoms with Gasteiger partial charge in [0, 0.05) is 0 Å². The van der Waals surface area contributed by atoms with E-state index in [1.165, 1.54) is 0 Å². The van der Waals surface area contributed by atoms with Crippen molar-refractivity contribution in [3.05, 3.63) is 9.77 Å². The van der Waals surface area contributed by atoms with Gasteiger partial charge in [-0.15, -0.1) is 0 Å². The molecule has 1 amide bonds. The number of carbonyl (C=O) groups excluding carboxylic acids is 1. The maximum Gasteiger partial charge on any atom is 0.254 e. The molecule has 1 fully saturated rings. The van der Waals surface area contributed by atoms with Crippen molar-refractivity contribution in [1.82, 2.24) is 10.2 Å². The van der Waals surface area contributed by atoms with Crippen LogP contribution in [0.25, 0.3) is 0 Å². The lowest BCUT2D eigenvalue weighted by atomic mass is 10.1. The number of aromatic nitrogens is 2. The van der Waals surface area contributed by atoms with Crippen LogP contribution in [0.2, 0.25) is 0 Å². The Kier molecular flexibility index (Phi) is 3.80. The van der Waals surface area contributed by atoms with Gasteiger partial charge < -0.3 is 10.1 Å². The molecular formula is C10H14IN3O2. The van der Waals surface area contributed by atoms with Gasteiger partial charge in [-0.25, -0.2) is 0 Å². The second-order valence-electron chi connectivity index (χ2n) is 3.81. The van der Waals surface area contributed by atoms with Crippen LogP contribution < -0.4 is 5.32 Å². The highest BCUT2D eigenvalue weighted by Gasteiger charge is 2.30. The van der Waals surface area contributed by atoms with Crippen molar-refractivity contribution in [3.8, 4) is 0 Å². The Morgan fingerprint density at radius 3 is 3.12 bits per heavy atom. The Bertz CT molecular complexity index is 380. The summed E-state index contributed by atoms with van der Waals surface area (Å²) in [6.07, 6.45) is 4.32. The molecule has 0 aromatic carbocycles. The average molecular weight is 335 g/mol. The minimum Gasteiger partial charge on any atom is -0.365 e. The van der Waals surface area contributed by atoms with E-state index in [1.54, 1.807) is 6.20 Å². The fourth-order valence-corrected chi connectivity index (χ4v) is 2.16. The van der Waals surface area contributed by atoms with Crippen molar-refractivity contribution in [2.24, 2.45) is 0 Å². The fourth-order valence-electron chi connectivity index (χ4n) is 1.76. The van der Waals surface area contributed by atoms with Gasteiger partial charge in [0.25, 0.3) is 5.91 Å². The van der Waals surface area contributed by atoms with Crippen LogP contribution >= 0.6 is 22.6 Å². The Labute approximate surface area is 107 Å². The van der Waals surface area contributed by atoms with Gasteiger partial charge in [-0.1, -0.05) is 6.92 Å². The molecule has 2 unspecified atom stereocenters. The summed E-state index contributed by atoms with van der Waals surface area (Å²) in [5, 5.41) is 9.37. The molecule has 0 saturated carbocycles. The maximum atomic E-state index is 11.8. The molecule has 2 atom stereocenters. The highest BCUT2D eigenvalue weighted by Crippen LogP contribution is 2.23. The topological polar surface area (TPSA) is 67.0 Å². The first kappa shape index (κ1) is 11.8. The number of amides is 1. The van der Waals surface area contributed by atoms with Gasteiger partial charge >= 0.3 is 0 Å². The number of halogens is 1. The lowest BCUT2D eigenvalue weighted by Gasteiger charge is -2.11. The molecule has 0 spiro atoms. The van der Waals surface area contributed by atoms with Gasteiger partial charge in [0.2, 0.25) is 0 Å². The van der Waals surface area contributed by atoms with Crippen LogP contribution in [0.15, 0.2) is 6.20 Å². The Morgan fingerprint density at radius 2 is 2.56 bits per heavy atom. The van der Waals surface area contributed by atoms with Crippen molar-refractivity contribution >= 4 is 34.3 Å². The molecule has 2 N–H and O–H groups in total. The largest absolute Gasteiger partial charge is 0.365 e. The Balaban J connectivity index is 1.92. The van der Waals surface area contributed by atoms with E-state index in [0.717, 1.165) is 22.8 Å². The van der Waals surface area contributed by atoms with E-state index in [4.69, 9.17) is 4.74 Å². The van der Waals surface area contributed by atoms with E-state index in [2.05, 4.69) is 45.0 Å². The number of anilines is 1. The van der Waals surface area contributed by atoms with Gasteiger partial charge in [0.15, 0.2) is 0 Å². The number of aromatic amines is 1. The molecule has 0 aliphatic carbocycles. The molecular weight excluding hydrogens is 321 g/mol. The molecule has 1 aliphatic rings. The minimum absolute atomic E-state index is 0.0851. The second-order valence-corrected chi connectivity index (χ2v) is 4.98. The number of hydrogen-bond acceptors (Lipinski definition) is 3. The van der Waals surface area contributed by atoms with Crippen molar-refractivity contribution in [2.75, 3.05) is 5.32 Å². The molecule has 6 heteroatoms. The summed E-state index contributed by atoms with van der Waals surface area (Å²) in [6.45, 7) is 2.07. The van der Waals surface area contributed by atoms with E-state index in [1.807, 2.05) is 0 Å². The monoisotopic (exact) mass is 335 g/mol. The summed E-state index contributed by atoms with van der Waals surface area (Å²) in [7, 11) is 0. The van der Waals surface area contributed by atoms with Crippen LogP contribution in [0, 0.1) is 3.57 Å². The first-order valence-electron chi connectivity index (χ1n) is 5.36. The number of H-pyrrole nitrogens is 1. The molecule has 2 rings (SSSR count). The molecule has 0 bridgehead atoms. The Morgan fingerprint density at radius 1 is 1.75 bits per heavy atom. The van der Waals surface area contributed by atoms with Crippen LogP contribution in [0.3, 0.4) is 0 Å². The van der Waals surface area contributed by atoms with Crippen LogP contribution in [-0.2, 0) is 9.53 Å². The molecule has 16 heavy (non-hydrogen) atoms. The first-order valence-corrected chi connectivity index (χ1v) is 6.43. The zero-order valence-electron chi connectivity index (χ0n) is 9.00. The molecule has 1 aromatic rings. The van der Waals surface area contributed by atoms with Crippen LogP contribution in [-0.4, -0.2) is 28.3 Å². The van der Waals surface area contributed by atoms with Crippen molar-refractivity contribution < 1.29 is 9.53 Å². The van der Waals surface area contributed by atoms with E-state index in [-0.39, 0.29) is 18.1 Å². The fraction of sp³-hybridized carbons (Fsp3) is 0.600. The van der Waals surface area contributed by atoms with Crippen molar-refractivity contribution in [3.63, 3.8) is 0 Å². The molecule has 1 aliphatic heterocycles. The van der Waals surface area contributed by atoms with Gasteiger partial charge in [-0.2, -0.15) is 5.10 Å². The van der Waals surface area contributed by atoms with Crippen LogP contribution in [0.4, 0.5) is 5.82 Å². The first-order chi connectivity index (χ1) is 7.70. The molecule has 0 radical (unpaired) electrons. The van der Waals surface area contributed by atoms with Crippen LogP contribution in [0.5, 0.6) is 0 Å². The zero-order chi connectivity index (χ0) is 11.5. The van der Waals surface area contributed by atoms with E-state index in [0.29, 0.717) is 5.82 Å². The van der Waals surface area contributed by atoms with Crippen molar-refractivity contribution in [2.45, 2.75) is 38.4 Å². The highest BCUT2D eigenvalue weighted by molar-refractivity contribution is 14.1. The van der Waals surface area contributed by atoms with E-state index >= 15 is 0 Å². The van der Waals surface area contributed by atoms with Crippen molar-refractivity contribution in [1.29, 1.82) is 0 Å². The van der Waals surface area contributed by atoms with Gasteiger partial charge in [-0.05, 0) is 41.9 Å².